The zero-order valence-corrected chi connectivity index (χ0v) is 23.7. The molecule has 0 radical (unpaired) electrons. The van der Waals surface area contributed by atoms with Crippen LogP contribution in [0.3, 0.4) is 0 Å². The molecular weight excluding hydrogens is 540 g/mol. The molecule has 8 aromatic carbocycles. The van der Waals surface area contributed by atoms with Crippen LogP contribution in [0.25, 0.3) is 65.3 Å². The number of hydrogen-bond acceptors (Lipinski definition) is 3. The predicted molar refractivity (Wildman–Crippen MR) is 180 cm³/mol. The molecule has 0 bridgehead atoms. The van der Waals surface area contributed by atoms with Crippen LogP contribution in [0.15, 0.2) is 158 Å². The van der Waals surface area contributed by atoms with Crippen LogP contribution in [0.2, 0.25) is 0 Å². The molecule has 0 N–H and O–H groups in total. The van der Waals surface area contributed by atoms with E-state index in [0.717, 1.165) is 65.3 Å². The Kier molecular flexibility index (Phi) is 6.28. The molecule has 3 heteroatoms. The van der Waals surface area contributed by atoms with E-state index in [0.29, 0.717) is 11.5 Å². The van der Waals surface area contributed by atoms with Gasteiger partial charge in [-0.25, -0.2) is 4.79 Å². The van der Waals surface area contributed by atoms with Crippen LogP contribution in [-0.2, 0) is 0 Å². The first-order chi connectivity index (χ1) is 21.7. The van der Waals surface area contributed by atoms with Crippen LogP contribution in [0.1, 0.15) is 0 Å². The molecule has 0 aliphatic carbocycles. The molecule has 44 heavy (non-hydrogen) atoms. The second-order valence-electron chi connectivity index (χ2n) is 10.8. The van der Waals surface area contributed by atoms with Crippen LogP contribution in [-0.4, -0.2) is 6.16 Å². The average molecular weight is 567 g/mol. The van der Waals surface area contributed by atoms with Gasteiger partial charge in [0, 0.05) is 11.1 Å². The van der Waals surface area contributed by atoms with Gasteiger partial charge in [0.25, 0.3) is 0 Å². The Bertz CT molecular complexity index is 2190. The molecule has 0 saturated carbocycles. The predicted octanol–water partition coefficient (Wildman–Crippen LogP) is 11.2. The zero-order valence-electron chi connectivity index (χ0n) is 23.7. The molecule has 0 amide bonds. The molecule has 0 unspecified atom stereocenters. The average Bonchev–Trinajstić information content (AvgIpc) is 3.08. The van der Waals surface area contributed by atoms with Crippen LogP contribution >= 0.6 is 0 Å². The summed E-state index contributed by atoms with van der Waals surface area (Å²) >= 11 is 0. The van der Waals surface area contributed by atoms with Crippen molar-refractivity contribution in [1.29, 1.82) is 0 Å². The van der Waals surface area contributed by atoms with Crippen molar-refractivity contribution in [3.8, 4) is 33.8 Å². The van der Waals surface area contributed by atoms with Gasteiger partial charge in [-0.3, -0.25) is 0 Å². The minimum atomic E-state index is -0.793. The molecule has 8 aromatic rings. The molecule has 0 aliphatic rings. The summed E-state index contributed by atoms with van der Waals surface area (Å²) in [5, 5.41) is 8.50. The Balaban J connectivity index is 1.25. The number of ether oxygens (including phenoxy) is 2. The van der Waals surface area contributed by atoms with Gasteiger partial charge in [-0.1, -0.05) is 146 Å². The van der Waals surface area contributed by atoms with E-state index in [9.17, 15) is 4.79 Å². The highest BCUT2D eigenvalue weighted by Crippen LogP contribution is 2.43. The SMILES string of the molecule is O=C(Oc1ccc2ccccc2c1-c1cccc2ccccc12)Oc1ccc2ccccc2c1-c1cccc2ccccc12. The molecule has 208 valence electrons. The lowest BCUT2D eigenvalue weighted by molar-refractivity contribution is 0.152. The Morgan fingerprint density at radius 2 is 0.682 bits per heavy atom. The normalized spacial score (nSPS) is 11.3. The van der Waals surface area contributed by atoms with Gasteiger partial charge in [0.1, 0.15) is 11.5 Å². The summed E-state index contributed by atoms with van der Waals surface area (Å²) in [6.45, 7) is 0. The van der Waals surface area contributed by atoms with Crippen molar-refractivity contribution >= 4 is 49.2 Å². The largest absolute Gasteiger partial charge is 0.519 e. The van der Waals surface area contributed by atoms with Gasteiger partial charge in [-0.05, 0) is 66.3 Å². The van der Waals surface area contributed by atoms with E-state index in [4.69, 9.17) is 9.47 Å². The molecule has 0 spiro atoms. The first kappa shape index (κ1) is 25.8. The summed E-state index contributed by atoms with van der Waals surface area (Å²) in [7, 11) is 0. The quantitative estimate of drug-likeness (QED) is 0.157. The van der Waals surface area contributed by atoms with Crippen molar-refractivity contribution in [2.24, 2.45) is 0 Å². The maximum atomic E-state index is 13.7. The van der Waals surface area contributed by atoms with E-state index in [1.54, 1.807) is 0 Å². The van der Waals surface area contributed by atoms with Crippen LogP contribution in [0.4, 0.5) is 4.79 Å². The first-order valence-corrected chi connectivity index (χ1v) is 14.6. The molecule has 0 heterocycles. The zero-order chi connectivity index (χ0) is 29.5. The second kappa shape index (κ2) is 10.7. The highest BCUT2D eigenvalue weighted by molar-refractivity contribution is 6.09. The molecule has 8 rings (SSSR count). The van der Waals surface area contributed by atoms with Gasteiger partial charge in [0.15, 0.2) is 0 Å². The maximum Gasteiger partial charge on any atom is 0.519 e. The summed E-state index contributed by atoms with van der Waals surface area (Å²) in [5.74, 6) is 0.884. The monoisotopic (exact) mass is 566 g/mol. The van der Waals surface area contributed by atoms with Crippen molar-refractivity contribution in [3.05, 3.63) is 158 Å². The maximum absolute atomic E-state index is 13.7. The van der Waals surface area contributed by atoms with E-state index in [2.05, 4.69) is 72.8 Å². The van der Waals surface area contributed by atoms with Gasteiger partial charge in [0.05, 0.1) is 0 Å². The molecule has 3 nitrogen and oxygen atoms in total. The Labute approximate surface area is 254 Å². The van der Waals surface area contributed by atoms with Crippen molar-refractivity contribution in [2.75, 3.05) is 0 Å². The number of fused-ring (bicyclic) bond motifs is 4. The van der Waals surface area contributed by atoms with Crippen molar-refractivity contribution < 1.29 is 14.3 Å². The Morgan fingerprint density at radius 3 is 1.11 bits per heavy atom. The number of carbonyl (C=O) groups excluding carboxylic acids is 1. The third-order valence-electron chi connectivity index (χ3n) is 8.29. The minimum absolute atomic E-state index is 0.442. The summed E-state index contributed by atoms with van der Waals surface area (Å²) in [6.07, 6.45) is -0.793. The van der Waals surface area contributed by atoms with Gasteiger partial charge in [-0.15, -0.1) is 0 Å². The Morgan fingerprint density at radius 1 is 0.341 bits per heavy atom. The second-order valence-corrected chi connectivity index (χ2v) is 10.8. The summed E-state index contributed by atoms with van der Waals surface area (Å²) in [6, 6.07) is 52.8. The van der Waals surface area contributed by atoms with Crippen LogP contribution < -0.4 is 9.47 Å². The molecule has 0 fully saturated rings. The van der Waals surface area contributed by atoms with Crippen molar-refractivity contribution in [3.63, 3.8) is 0 Å². The lowest BCUT2D eigenvalue weighted by Crippen LogP contribution is -2.15. The van der Waals surface area contributed by atoms with E-state index in [1.165, 1.54) is 0 Å². The Hall–Kier alpha value is -5.93. The molecule has 0 aliphatic heterocycles. The topological polar surface area (TPSA) is 35.5 Å². The van der Waals surface area contributed by atoms with E-state index in [-0.39, 0.29) is 0 Å². The van der Waals surface area contributed by atoms with Crippen molar-refractivity contribution in [2.45, 2.75) is 0 Å². The molecule has 0 atom stereocenters. The fourth-order valence-corrected chi connectivity index (χ4v) is 6.32. The molecular formula is C41H26O3. The van der Waals surface area contributed by atoms with E-state index in [1.807, 2.05) is 84.9 Å². The number of carbonyl (C=O) groups is 1. The smallest absolute Gasteiger partial charge is 0.394 e. The third kappa shape index (κ3) is 4.43. The van der Waals surface area contributed by atoms with Crippen LogP contribution in [0, 0.1) is 0 Å². The highest BCUT2D eigenvalue weighted by atomic mass is 16.7. The third-order valence-corrected chi connectivity index (χ3v) is 8.29. The van der Waals surface area contributed by atoms with Gasteiger partial charge in [-0.2, -0.15) is 0 Å². The molecule has 0 saturated heterocycles. The van der Waals surface area contributed by atoms with Gasteiger partial charge < -0.3 is 9.47 Å². The minimum Gasteiger partial charge on any atom is -0.394 e. The fourth-order valence-electron chi connectivity index (χ4n) is 6.32. The summed E-state index contributed by atoms with van der Waals surface area (Å²) in [5.41, 5.74) is 3.68. The summed E-state index contributed by atoms with van der Waals surface area (Å²) in [4.78, 5) is 13.7. The highest BCUT2D eigenvalue weighted by Gasteiger charge is 2.21. The van der Waals surface area contributed by atoms with E-state index < -0.39 is 6.16 Å². The number of benzene rings is 8. The number of rotatable bonds is 4. The van der Waals surface area contributed by atoms with Crippen LogP contribution in [0.5, 0.6) is 11.5 Å². The van der Waals surface area contributed by atoms with Gasteiger partial charge >= 0.3 is 6.16 Å². The van der Waals surface area contributed by atoms with Crippen molar-refractivity contribution in [1.82, 2.24) is 0 Å². The first-order valence-electron chi connectivity index (χ1n) is 14.6. The lowest BCUT2D eigenvalue weighted by Gasteiger charge is -2.17. The number of hydrogen-bond donors (Lipinski definition) is 0. The molecule has 0 aromatic heterocycles. The van der Waals surface area contributed by atoms with Gasteiger partial charge in [0.2, 0.25) is 0 Å². The fraction of sp³-hybridized carbons (Fsp3) is 0. The standard InChI is InChI=1S/C41H26O3/c42-41(43-37-25-23-29-13-3-7-19-33(29)39(37)35-21-9-15-27-11-1-5-17-31(27)35)44-38-26-24-30-14-4-8-20-34(30)40(38)36-22-10-16-28-12-2-6-18-32(28)36/h1-26H. The van der Waals surface area contributed by atoms with E-state index >= 15 is 0 Å². The lowest BCUT2D eigenvalue weighted by atomic mass is 9.93. The summed E-state index contributed by atoms with van der Waals surface area (Å²) < 4.78 is 12.2.